The van der Waals surface area contributed by atoms with E-state index in [4.69, 9.17) is 9.47 Å². The molecule has 0 aromatic rings. The van der Waals surface area contributed by atoms with Gasteiger partial charge in [0.1, 0.15) is 0 Å². The molecule has 4 heteroatoms. The summed E-state index contributed by atoms with van der Waals surface area (Å²) in [6, 6.07) is 0. The lowest BCUT2D eigenvalue weighted by molar-refractivity contribution is -0.183. The maximum absolute atomic E-state index is 11.7. The van der Waals surface area contributed by atoms with Crippen LogP contribution in [0.1, 0.15) is 38.5 Å². The van der Waals surface area contributed by atoms with Gasteiger partial charge in [-0.15, -0.1) is 0 Å². The van der Waals surface area contributed by atoms with Crippen LogP contribution in [0.3, 0.4) is 0 Å². The first-order valence-corrected chi connectivity index (χ1v) is 6.37. The molecule has 0 bridgehead atoms. The second-order valence-electron chi connectivity index (χ2n) is 4.50. The molecule has 0 unspecified atom stereocenters. The molecule has 2 rings (SSSR count). The molecule has 0 aromatic carbocycles. The van der Waals surface area contributed by atoms with Crippen LogP contribution >= 0.6 is 0 Å². The molecule has 0 N–H and O–H groups in total. The normalized spacial score (nSPS) is 24.5. The van der Waals surface area contributed by atoms with Crippen molar-refractivity contribution in [2.45, 2.75) is 44.8 Å². The van der Waals surface area contributed by atoms with E-state index in [9.17, 15) is 4.79 Å². The summed E-state index contributed by atoms with van der Waals surface area (Å²) in [6.07, 6.45) is 5.78. The van der Waals surface area contributed by atoms with Gasteiger partial charge in [-0.1, -0.05) is 6.42 Å². The number of nitrogens with zero attached hydrogens (tertiary/aromatic N) is 1. The highest BCUT2D eigenvalue weighted by atomic mass is 16.7. The topological polar surface area (TPSA) is 38.8 Å². The predicted molar refractivity (Wildman–Crippen MR) is 60.0 cm³/mol. The summed E-state index contributed by atoms with van der Waals surface area (Å²) >= 11 is 0. The van der Waals surface area contributed by atoms with E-state index in [1.165, 1.54) is 6.42 Å². The Morgan fingerprint density at radius 1 is 1.12 bits per heavy atom. The van der Waals surface area contributed by atoms with Crippen LogP contribution in [0.15, 0.2) is 0 Å². The monoisotopic (exact) mass is 227 g/mol. The third kappa shape index (κ3) is 3.46. The predicted octanol–water partition coefficient (Wildman–Crippen LogP) is 1.54. The molecule has 0 radical (unpaired) electrons. The minimum atomic E-state index is -0.0928. The Balaban J connectivity index is 1.72. The van der Waals surface area contributed by atoms with E-state index in [1.54, 1.807) is 0 Å². The van der Waals surface area contributed by atoms with Gasteiger partial charge in [-0.3, -0.25) is 4.79 Å². The third-order valence-electron chi connectivity index (χ3n) is 3.20. The molecule has 0 aliphatic carbocycles. The van der Waals surface area contributed by atoms with Gasteiger partial charge < -0.3 is 14.4 Å². The van der Waals surface area contributed by atoms with Gasteiger partial charge in [0.05, 0.1) is 13.2 Å². The number of carbonyl (C=O) groups excluding carboxylic acids is 1. The van der Waals surface area contributed by atoms with Crippen molar-refractivity contribution >= 4 is 5.91 Å². The van der Waals surface area contributed by atoms with Crippen molar-refractivity contribution in [3.05, 3.63) is 0 Å². The number of ether oxygens (including phenoxy) is 2. The fourth-order valence-corrected chi connectivity index (χ4v) is 2.24. The highest BCUT2D eigenvalue weighted by molar-refractivity contribution is 5.76. The Labute approximate surface area is 96.9 Å². The molecular weight excluding hydrogens is 206 g/mol. The lowest BCUT2D eigenvalue weighted by atomic mass is 10.2. The minimum Gasteiger partial charge on any atom is -0.353 e. The van der Waals surface area contributed by atoms with Gasteiger partial charge in [-0.05, 0) is 19.3 Å². The maximum atomic E-state index is 11.7. The number of likely N-dealkylation sites (tertiary alicyclic amines) is 1. The second-order valence-corrected chi connectivity index (χ2v) is 4.50. The number of rotatable bonds is 3. The lowest BCUT2D eigenvalue weighted by Gasteiger charge is -2.26. The molecule has 2 aliphatic rings. The maximum Gasteiger partial charge on any atom is 0.222 e. The summed E-state index contributed by atoms with van der Waals surface area (Å²) in [5, 5.41) is 0. The van der Waals surface area contributed by atoms with E-state index in [-0.39, 0.29) is 6.29 Å². The fourth-order valence-electron chi connectivity index (χ4n) is 2.24. The molecule has 16 heavy (non-hydrogen) atoms. The summed E-state index contributed by atoms with van der Waals surface area (Å²) < 4.78 is 11.0. The molecule has 2 saturated heterocycles. The first-order valence-electron chi connectivity index (χ1n) is 6.37. The van der Waals surface area contributed by atoms with Gasteiger partial charge in [0.15, 0.2) is 6.29 Å². The number of hydrogen-bond acceptors (Lipinski definition) is 3. The molecule has 0 spiro atoms. The van der Waals surface area contributed by atoms with Crippen molar-refractivity contribution in [1.82, 2.24) is 4.90 Å². The Morgan fingerprint density at radius 2 is 1.94 bits per heavy atom. The van der Waals surface area contributed by atoms with E-state index < -0.39 is 0 Å². The standard InChI is InChI=1S/C12H21NO3/c14-11-5-2-1-3-7-13(11)8-6-12-15-9-4-10-16-12/h12H,1-10H2. The summed E-state index contributed by atoms with van der Waals surface area (Å²) in [5.41, 5.74) is 0. The zero-order valence-corrected chi connectivity index (χ0v) is 9.82. The third-order valence-corrected chi connectivity index (χ3v) is 3.20. The number of carbonyl (C=O) groups is 1. The summed E-state index contributed by atoms with van der Waals surface area (Å²) in [7, 11) is 0. The molecule has 4 nitrogen and oxygen atoms in total. The van der Waals surface area contributed by atoms with Crippen molar-refractivity contribution in [3.63, 3.8) is 0 Å². The van der Waals surface area contributed by atoms with Crippen molar-refractivity contribution in [2.75, 3.05) is 26.3 Å². The highest BCUT2D eigenvalue weighted by Gasteiger charge is 2.19. The van der Waals surface area contributed by atoms with Crippen LogP contribution in [0.25, 0.3) is 0 Å². The second kappa shape index (κ2) is 6.21. The number of hydrogen-bond donors (Lipinski definition) is 0. The molecule has 0 aromatic heterocycles. The molecule has 1 amide bonds. The van der Waals surface area contributed by atoms with Crippen LogP contribution in [-0.4, -0.2) is 43.4 Å². The van der Waals surface area contributed by atoms with Crippen LogP contribution < -0.4 is 0 Å². The Bertz CT molecular complexity index is 226. The minimum absolute atomic E-state index is 0.0928. The van der Waals surface area contributed by atoms with Crippen LogP contribution in [0.4, 0.5) is 0 Å². The lowest BCUT2D eigenvalue weighted by Crippen LogP contribution is -2.35. The zero-order chi connectivity index (χ0) is 11.2. The van der Waals surface area contributed by atoms with Crippen LogP contribution in [0.5, 0.6) is 0 Å². The van der Waals surface area contributed by atoms with E-state index in [1.807, 2.05) is 4.90 Å². The molecule has 0 atom stereocenters. The molecule has 2 fully saturated rings. The van der Waals surface area contributed by atoms with Crippen molar-refractivity contribution in [3.8, 4) is 0 Å². The Morgan fingerprint density at radius 3 is 2.75 bits per heavy atom. The quantitative estimate of drug-likeness (QED) is 0.734. The Hall–Kier alpha value is -0.610. The van der Waals surface area contributed by atoms with Gasteiger partial charge in [0.25, 0.3) is 0 Å². The molecule has 92 valence electrons. The SMILES string of the molecule is O=C1CCCCCN1CCC1OCCCO1. The average Bonchev–Trinajstić information content (AvgIpc) is 2.53. The van der Waals surface area contributed by atoms with Crippen molar-refractivity contribution < 1.29 is 14.3 Å². The van der Waals surface area contributed by atoms with Gasteiger partial charge in [-0.25, -0.2) is 0 Å². The summed E-state index contributed by atoms with van der Waals surface area (Å²) in [5.74, 6) is 0.299. The Kier molecular flexibility index (Phi) is 4.60. The smallest absolute Gasteiger partial charge is 0.222 e. The molecule has 2 heterocycles. The summed E-state index contributed by atoms with van der Waals surface area (Å²) in [4.78, 5) is 13.7. The van der Waals surface area contributed by atoms with E-state index >= 15 is 0 Å². The van der Waals surface area contributed by atoms with Crippen molar-refractivity contribution in [1.29, 1.82) is 0 Å². The van der Waals surface area contributed by atoms with E-state index in [2.05, 4.69) is 0 Å². The van der Waals surface area contributed by atoms with Gasteiger partial charge in [0, 0.05) is 25.9 Å². The van der Waals surface area contributed by atoms with E-state index in [0.717, 1.165) is 52.0 Å². The van der Waals surface area contributed by atoms with Crippen molar-refractivity contribution in [2.24, 2.45) is 0 Å². The van der Waals surface area contributed by atoms with E-state index in [0.29, 0.717) is 12.3 Å². The average molecular weight is 227 g/mol. The molecule has 0 saturated carbocycles. The zero-order valence-electron chi connectivity index (χ0n) is 9.82. The first kappa shape index (κ1) is 11.9. The van der Waals surface area contributed by atoms with Gasteiger partial charge in [-0.2, -0.15) is 0 Å². The first-order chi connectivity index (χ1) is 7.86. The summed E-state index contributed by atoms with van der Waals surface area (Å²) in [6.45, 7) is 3.27. The van der Waals surface area contributed by atoms with Crippen LogP contribution in [0, 0.1) is 0 Å². The molecular formula is C12H21NO3. The molecule has 2 aliphatic heterocycles. The van der Waals surface area contributed by atoms with Gasteiger partial charge in [0.2, 0.25) is 5.91 Å². The highest BCUT2D eigenvalue weighted by Crippen LogP contribution is 2.14. The fraction of sp³-hybridized carbons (Fsp3) is 0.917. The van der Waals surface area contributed by atoms with Crippen LogP contribution in [-0.2, 0) is 14.3 Å². The van der Waals surface area contributed by atoms with Crippen LogP contribution in [0.2, 0.25) is 0 Å². The van der Waals surface area contributed by atoms with Gasteiger partial charge >= 0.3 is 0 Å². The largest absolute Gasteiger partial charge is 0.353 e. The number of amides is 1.